The monoisotopic (exact) mass is 490 g/mol. The van der Waals surface area contributed by atoms with E-state index in [4.69, 9.17) is 16.6 Å². The topological polar surface area (TPSA) is 54.2 Å². The summed E-state index contributed by atoms with van der Waals surface area (Å²) in [6.45, 7) is 0.627. The van der Waals surface area contributed by atoms with Crippen LogP contribution in [0, 0.1) is 0 Å². The molecule has 0 amide bonds. The largest absolute Gasteiger partial charge is 0.459 e. The maximum absolute atomic E-state index is 6.36. The van der Waals surface area contributed by atoms with Crippen LogP contribution in [-0.4, -0.2) is 20.0 Å². The van der Waals surface area contributed by atoms with Gasteiger partial charge in [-0.15, -0.1) is 0 Å². The first-order chi connectivity index (χ1) is 15.2. The maximum Gasteiger partial charge on any atom is 0.170 e. The Morgan fingerprint density at radius 2 is 1.87 bits per heavy atom. The normalized spacial score (nSPS) is 18.2. The Hall–Kier alpha value is -3.03. The molecule has 1 fully saturated rings. The number of benzene rings is 1. The fourth-order valence-electron chi connectivity index (χ4n) is 3.85. The second-order valence-corrected chi connectivity index (χ2v) is 8.63. The Morgan fingerprint density at radius 1 is 1.00 bits per heavy atom. The van der Waals surface area contributed by atoms with Crippen LogP contribution in [0.3, 0.4) is 0 Å². The molecule has 0 unspecified atom stereocenters. The summed E-state index contributed by atoms with van der Waals surface area (Å²) in [5, 5.41) is 4.13. The van der Waals surface area contributed by atoms with Gasteiger partial charge < -0.3 is 14.6 Å². The molecule has 1 aliphatic rings. The third-order valence-corrected chi connectivity index (χ3v) is 6.20. The number of rotatable bonds is 5. The zero-order valence-electron chi connectivity index (χ0n) is 16.5. The number of nitrogens with zero attached hydrogens (tertiary/aromatic N) is 3. The van der Waals surface area contributed by atoms with Crippen LogP contribution >= 0.6 is 28.1 Å². The van der Waals surface area contributed by atoms with Crippen LogP contribution in [0.1, 0.15) is 29.1 Å². The van der Waals surface area contributed by atoms with E-state index in [2.05, 4.69) is 42.2 Å². The molecule has 0 saturated carbocycles. The van der Waals surface area contributed by atoms with Gasteiger partial charge in [0.25, 0.3) is 0 Å². The first-order valence-electron chi connectivity index (χ1n) is 9.92. The van der Waals surface area contributed by atoms with Crippen molar-refractivity contribution in [3.63, 3.8) is 0 Å². The van der Waals surface area contributed by atoms with Crippen molar-refractivity contribution in [3.05, 3.63) is 107 Å². The lowest BCUT2D eigenvalue weighted by Crippen LogP contribution is -2.29. The van der Waals surface area contributed by atoms with E-state index < -0.39 is 0 Å². The highest BCUT2D eigenvalue weighted by Gasteiger charge is 2.41. The lowest BCUT2D eigenvalue weighted by Gasteiger charge is -2.26. The SMILES string of the molecule is S=C1N[C@H](c2ccccn2)[C@@H](c2ccc(-c3ccc(Br)cc3)o2)N1Cc1cccnc1. The highest BCUT2D eigenvalue weighted by molar-refractivity contribution is 9.10. The number of furan rings is 1. The van der Waals surface area contributed by atoms with Crippen LogP contribution < -0.4 is 5.32 Å². The van der Waals surface area contributed by atoms with E-state index in [0.29, 0.717) is 11.7 Å². The number of thiocarbonyl (C=S) groups is 1. The van der Waals surface area contributed by atoms with Gasteiger partial charge in [-0.2, -0.15) is 0 Å². The average Bonchev–Trinajstić information content (AvgIpc) is 3.41. The van der Waals surface area contributed by atoms with E-state index in [1.165, 1.54) is 0 Å². The zero-order valence-corrected chi connectivity index (χ0v) is 18.9. The number of aromatic nitrogens is 2. The van der Waals surface area contributed by atoms with Gasteiger partial charge in [-0.1, -0.05) is 40.2 Å². The molecule has 3 aromatic heterocycles. The Kier molecular flexibility index (Phi) is 5.53. The van der Waals surface area contributed by atoms with Gasteiger partial charge in [0.1, 0.15) is 17.6 Å². The lowest BCUT2D eigenvalue weighted by atomic mass is 10.0. The molecule has 1 aromatic carbocycles. The highest BCUT2D eigenvalue weighted by Crippen LogP contribution is 2.41. The minimum atomic E-state index is -0.133. The molecule has 4 aromatic rings. The summed E-state index contributed by atoms with van der Waals surface area (Å²) in [7, 11) is 0. The minimum absolute atomic E-state index is 0.116. The van der Waals surface area contributed by atoms with Crippen LogP contribution in [0.4, 0.5) is 0 Å². The molecule has 0 spiro atoms. The van der Waals surface area contributed by atoms with Crippen LogP contribution in [0.25, 0.3) is 11.3 Å². The fourth-order valence-corrected chi connectivity index (χ4v) is 4.42. The van der Waals surface area contributed by atoms with E-state index in [-0.39, 0.29) is 12.1 Å². The van der Waals surface area contributed by atoms with Gasteiger partial charge in [0.05, 0.1) is 11.7 Å². The molecule has 0 aliphatic carbocycles. The number of hydrogen-bond acceptors (Lipinski definition) is 4. The molecule has 2 atom stereocenters. The molecule has 0 bridgehead atoms. The van der Waals surface area contributed by atoms with E-state index >= 15 is 0 Å². The van der Waals surface area contributed by atoms with Crippen molar-refractivity contribution in [3.8, 4) is 11.3 Å². The molecule has 154 valence electrons. The van der Waals surface area contributed by atoms with Gasteiger partial charge in [0.2, 0.25) is 0 Å². The quantitative estimate of drug-likeness (QED) is 0.363. The molecule has 1 aliphatic heterocycles. The number of pyridine rings is 2. The van der Waals surface area contributed by atoms with Crippen molar-refractivity contribution in [2.45, 2.75) is 18.6 Å². The van der Waals surface area contributed by atoms with Crippen molar-refractivity contribution < 1.29 is 4.42 Å². The van der Waals surface area contributed by atoms with Gasteiger partial charge >= 0.3 is 0 Å². The van der Waals surface area contributed by atoms with Crippen LogP contribution in [0.2, 0.25) is 0 Å². The summed E-state index contributed by atoms with van der Waals surface area (Å²) in [5.41, 5.74) is 3.03. The van der Waals surface area contributed by atoms with Crippen molar-refractivity contribution in [2.75, 3.05) is 0 Å². The van der Waals surface area contributed by atoms with Crippen molar-refractivity contribution in [1.29, 1.82) is 0 Å². The Labute approximate surface area is 194 Å². The predicted molar refractivity (Wildman–Crippen MR) is 127 cm³/mol. The summed E-state index contributed by atoms with van der Waals surface area (Å²) in [4.78, 5) is 11.0. The molecule has 0 radical (unpaired) electrons. The maximum atomic E-state index is 6.36. The molecular weight excluding hydrogens is 472 g/mol. The van der Waals surface area contributed by atoms with Gasteiger partial charge in [-0.25, -0.2) is 0 Å². The molecule has 31 heavy (non-hydrogen) atoms. The molecular formula is C24H19BrN4OS. The first-order valence-corrected chi connectivity index (χ1v) is 11.1. The fraction of sp³-hybridized carbons (Fsp3) is 0.125. The molecule has 4 heterocycles. The summed E-state index contributed by atoms with van der Waals surface area (Å²) < 4.78 is 7.40. The number of nitrogens with one attached hydrogen (secondary N) is 1. The molecule has 5 nitrogen and oxygen atoms in total. The van der Waals surface area contributed by atoms with Gasteiger partial charge in [-0.3, -0.25) is 9.97 Å². The van der Waals surface area contributed by atoms with E-state index in [1.807, 2.05) is 66.9 Å². The van der Waals surface area contributed by atoms with E-state index in [1.54, 1.807) is 12.4 Å². The first kappa shape index (κ1) is 19.9. The highest BCUT2D eigenvalue weighted by atomic mass is 79.9. The predicted octanol–water partition coefficient (Wildman–Crippen LogP) is 5.67. The Morgan fingerprint density at radius 3 is 2.61 bits per heavy atom. The van der Waals surface area contributed by atoms with E-state index in [0.717, 1.165) is 32.8 Å². The van der Waals surface area contributed by atoms with Gasteiger partial charge in [0, 0.05) is 35.2 Å². The van der Waals surface area contributed by atoms with Gasteiger partial charge in [0.15, 0.2) is 5.11 Å². The van der Waals surface area contributed by atoms with Crippen LogP contribution in [-0.2, 0) is 6.54 Å². The van der Waals surface area contributed by atoms with Crippen LogP contribution in [0.5, 0.6) is 0 Å². The number of hydrogen-bond donors (Lipinski definition) is 1. The smallest absolute Gasteiger partial charge is 0.170 e. The lowest BCUT2D eigenvalue weighted by molar-refractivity contribution is 0.269. The zero-order chi connectivity index (χ0) is 21.2. The second kappa shape index (κ2) is 8.61. The summed E-state index contributed by atoms with van der Waals surface area (Å²) in [5.74, 6) is 1.66. The summed E-state index contributed by atoms with van der Waals surface area (Å²) in [6.07, 6.45) is 5.44. The van der Waals surface area contributed by atoms with Crippen molar-refractivity contribution >= 4 is 33.3 Å². The summed E-state index contributed by atoms with van der Waals surface area (Å²) >= 11 is 9.21. The third-order valence-electron chi connectivity index (χ3n) is 5.32. The number of halogens is 1. The molecule has 5 rings (SSSR count). The van der Waals surface area contributed by atoms with Crippen molar-refractivity contribution in [1.82, 2.24) is 20.2 Å². The Bertz CT molecular complexity index is 1180. The minimum Gasteiger partial charge on any atom is -0.459 e. The molecule has 1 N–H and O–H groups in total. The van der Waals surface area contributed by atoms with Crippen molar-refractivity contribution in [2.24, 2.45) is 0 Å². The van der Waals surface area contributed by atoms with Crippen LogP contribution in [0.15, 0.2) is 94.2 Å². The van der Waals surface area contributed by atoms with E-state index in [9.17, 15) is 0 Å². The second-order valence-electron chi connectivity index (χ2n) is 7.32. The molecule has 7 heteroatoms. The standard InChI is InChI=1S/C24H19BrN4OS/c25-18-8-6-17(7-9-18)20-10-11-21(30-20)23-22(19-5-1-2-13-27-19)28-24(31)29(23)15-16-4-3-12-26-14-16/h1-14,22-23H,15H2,(H,28,31)/t22-,23-/m1/s1. The molecule has 1 saturated heterocycles. The Balaban J connectivity index is 1.53. The van der Waals surface area contributed by atoms with Gasteiger partial charge in [-0.05, 0) is 60.2 Å². The third kappa shape index (κ3) is 4.11. The average molecular weight is 491 g/mol. The summed E-state index contributed by atoms with van der Waals surface area (Å²) in [6, 6.07) is 21.8.